The van der Waals surface area contributed by atoms with Crippen LogP contribution in [0, 0.1) is 5.38 Å². The van der Waals surface area contributed by atoms with Gasteiger partial charge in [-0.2, -0.15) is 0 Å². The van der Waals surface area contributed by atoms with Crippen molar-refractivity contribution in [3.05, 3.63) is 20.8 Å². The van der Waals surface area contributed by atoms with Gasteiger partial charge in [-0.15, -0.1) is 11.3 Å². The second-order valence-corrected chi connectivity index (χ2v) is 5.14. The van der Waals surface area contributed by atoms with Gasteiger partial charge in [-0.25, -0.2) is 0 Å². The van der Waals surface area contributed by atoms with E-state index < -0.39 is 0 Å². The van der Waals surface area contributed by atoms with E-state index in [-0.39, 0.29) is 31.9 Å². The minimum absolute atomic E-state index is 0. The van der Waals surface area contributed by atoms with E-state index in [1.807, 2.05) is 0 Å². The van der Waals surface area contributed by atoms with Crippen LogP contribution < -0.4 is 12.4 Å². The molecule has 0 aromatic carbocycles. The fourth-order valence-corrected chi connectivity index (χ4v) is 2.38. The van der Waals surface area contributed by atoms with Crippen molar-refractivity contribution >= 4 is 27.3 Å². The molecular formula is C10H14BrClSZn-. The standard InChI is InChI=1S/C10H14BrS.ClH.Zn/c1-2-3-4-5-6-9-7-8-12-10(9)11;;/h7H,2-6H2,1H3;1H;/p-1. The average molecular weight is 347 g/mol. The van der Waals surface area contributed by atoms with Crippen LogP contribution in [0.15, 0.2) is 9.85 Å². The van der Waals surface area contributed by atoms with Gasteiger partial charge in [0.05, 0.1) is 3.79 Å². The van der Waals surface area contributed by atoms with Crippen molar-refractivity contribution in [1.29, 1.82) is 0 Å². The van der Waals surface area contributed by atoms with E-state index in [0.29, 0.717) is 0 Å². The molecule has 14 heavy (non-hydrogen) atoms. The largest absolute Gasteiger partial charge is 1.00 e. The molecule has 1 radical (unpaired) electrons. The van der Waals surface area contributed by atoms with Crippen molar-refractivity contribution in [3.63, 3.8) is 0 Å². The molecule has 77 valence electrons. The molecule has 0 aliphatic heterocycles. The summed E-state index contributed by atoms with van der Waals surface area (Å²) in [6, 6.07) is 2.10. The fourth-order valence-electron chi connectivity index (χ4n) is 1.19. The first-order valence-electron chi connectivity index (χ1n) is 4.49. The molecule has 1 rings (SSSR count). The van der Waals surface area contributed by atoms with Crippen LogP contribution in [0.4, 0.5) is 0 Å². The third kappa shape index (κ3) is 6.55. The zero-order valence-corrected chi connectivity index (χ0v) is 14.6. The maximum atomic E-state index is 3.52. The number of aryl methyl sites for hydroxylation is 1. The molecule has 0 amide bonds. The molecular weight excluding hydrogens is 333 g/mol. The number of halogens is 2. The Morgan fingerprint density at radius 2 is 2.07 bits per heavy atom. The Labute approximate surface area is 118 Å². The molecule has 0 spiro atoms. The zero-order valence-electron chi connectivity index (χ0n) is 8.48. The van der Waals surface area contributed by atoms with Crippen LogP contribution in [-0.4, -0.2) is 0 Å². The summed E-state index contributed by atoms with van der Waals surface area (Å²) in [5.74, 6) is 0. The molecule has 0 aliphatic rings. The summed E-state index contributed by atoms with van der Waals surface area (Å²) in [6.07, 6.45) is 6.57. The van der Waals surface area contributed by atoms with Gasteiger partial charge < -0.3 is 12.4 Å². The van der Waals surface area contributed by atoms with Crippen molar-refractivity contribution in [1.82, 2.24) is 0 Å². The van der Waals surface area contributed by atoms with Crippen LogP contribution in [0.1, 0.15) is 38.2 Å². The Balaban J connectivity index is 0. The molecule has 4 heteroatoms. The predicted octanol–water partition coefficient (Wildman–Crippen LogP) is 1.44. The second kappa shape index (κ2) is 10.6. The van der Waals surface area contributed by atoms with E-state index in [9.17, 15) is 0 Å². The van der Waals surface area contributed by atoms with E-state index in [2.05, 4.69) is 34.3 Å². The summed E-state index contributed by atoms with van der Waals surface area (Å²) in [5, 5.41) is 3.13. The van der Waals surface area contributed by atoms with Crippen LogP contribution in [-0.2, 0) is 25.9 Å². The Hall–Kier alpha value is 1.09. The van der Waals surface area contributed by atoms with E-state index in [4.69, 9.17) is 0 Å². The quantitative estimate of drug-likeness (QED) is 0.559. The third-order valence-corrected chi connectivity index (χ3v) is 3.61. The second-order valence-electron chi connectivity index (χ2n) is 2.97. The molecule has 1 heterocycles. The minimum atomic E-state index is 0. The van der Waals surface area contributed by atoms with Crippen LogP contribution in [0.25, 0.3) is 0 Å². The first-order valence-corrected chi connectivity index (χ1v) is 6.09. The Morgan fingerprint density at radius 1 is 1.36 bits per heavy atom. The van der Waals surface area contributed by atoms with Crippen LogP contribution in [0.5, 0.6) is 0 Å². The molecule has 0 aliphatic carbocycles. The molecule has 1 aromatic rings. The minimum Gasteiger partial charge on any atom is -1.00 e. The van der Waals surface area contributed by atoms with Gasteiger partial charge in [-0.1, -0.05) is 26.2 Å². The van der Waals surface area contributed by atoms with Crippen molar-refractivity contribution < 1.29 is 31.9 Å². The van der Waals surface area contributed by atoms with Crippen molar-refractivity contribution in [2.24, 2.45) is 0 Å². The SMILES string of the molecule is CCCCCCc1c[c]sc1Br.[Cl-].[Zn]. The molecule has 0 saturated heterocycles. The van der Waals surface area contributed by atoms with Gasteiger partial charge in [-0.3, -0.25) is 0 Å². The summed E-state index contributed by atoms with van der Waals surface area (Å²) >= 11 is 5.18. The van der Waals surface area contributed by atoms with Gasteiger partial charge in [0, 0.05) is 24.9 Å². The summed E-state index contributed by atoms with van der Waals surface area (Å²) in [6.45, 7) is 2.24. The van der Waals surface area contributed by atoms with Gasteiger partial charge in [0.15, 0.2) is 0 Å². The summed E-state index contributed by atoms with van der Waals surface area (Å²) in [7, 11) is 0. The topological polar surface area (TPSA) is 0 Å². The summed E-state index contributed by atoms with van der Waals surface area (Å²) < 4.78 is 1.26. The van der Waals surface area contributed by atoms with Gasteiger partial charge in [-0.05, 0) is 40.4 Å². The number of unbranched alkanes of at least 4 members (excludes halogenated alkanes) is 3. The van der Waals surface area contributed by atoms with Crippen LogP contribution in [0.3, 0.4) is 0 Å². The normalized spacial score (nSPS) is 9.00. The fraction of sp³-hybridized carbons (Fsp3) is 0.600. The van der Waals surface area contributed by atoms with Gasteiger partial charge in [0.2, 0.25) is 0 Å². The number of rotatable bonds is 5. The Kier molecular flexibility index (Phi) is 13.2. The van der Waals surface area contributed by atoms with Crippen LogP contribution in [0.2, 0.25) is 0 Å². The number of hydrogen-bond donors (Lipinski definition) is 0. The first-order chi connectivity index (χ1) is 5.84. The molecule has 0 N–H and O–H groups in total. The van der Waals surface area contributed by atoms with Crippen molar-refractivity contribution in [2.45, 2.75) is 39.0 Å². The number of thiophene rings is 1. The maximum Gasteiger partial charge on any atom is 0.0737 e. The molecule has 0 bridgehead atoms. The average Bonchev–Trinajstić information content (AvgIpc) is 2.46. The summed E-state index contributed by atoms with van der Waals surface area (Å²) in [4.78, 5) is 0. The summed E-state index contributed by atoms with van der Waals surface area (Å²) in [5.41, 5.74) is 1.43. The monoisotopic (exact) mass is 344 g/mol. The predicted molar refractivity (Wildman–Crippen MR) is 58.7 cm³/mol. The van der Waals surface area contributed by atoms with Crippen molar-refractivity contribution in [3.8, 4) is 0 Å². The zero-order chi connectivity index (χ0) is 8.81. The van der Waals surface area contributed by atoms with E-state index in [1.165, 1.54) is 41.5 Å². The Bertz CT molecular complexity index is 228. The first kappa shape index (κ1) is 17.5. The molecule has 0 nitrogen and oxygen atoms in total. The molecule has 0 unspecified atom stereocenters. The molecule has 0 saturated carbocycles. The van der Waals surface area contributed by atoms with Gasteiger partial charge in [0.1, 0.15) is 0 Å². The van der Waals surface area contributed by atoms with E-state index >= 15 is 0 Å². The Morgan fingerprint density at radius 3 is 2.57 bits per heavy atom. The number of hydrogen-bond acceptors (Lipinski definition) is 1. The molecule has 1 aromatic heterocycles. The van der Waals surface area contributed by atoms with Gasteiger partial charge in [0.25, 0.3) is 0 Å². The molecule has 0 atom stereocenters. The van der Waals surface area contributed by atoms with Crippen molar-refractivity contribution in [2.75, 3.05) is 0 Å². The van der Waals surface area contributed by atoms with Gasteiger partial charge >= 0.3 is 0 Å². The smallest absolute Gasteiger partial charge is 0.0737 e. The maximum absolute atomic E-state index is 3.52. The van der Waals surface area contributed by atoms with E-state index in [0.717, 1.165) is 0 Å². The van der Waals surface area contributed by atoms with E-state index in [1.54, 1.807) is 11.3 Å². The van der Waals surface area contributed by atoms with Crippen LogP contribution >= 0.6 is 27.3 Å². The molecule has 0 fully saturated rings. The third-order valence-electron chi connectivity index (χ3n) is 1.93.